The van der Waals surface area contributed by atoms with Gasteiger partial charge in [-0.1, -0.05) is 12.1 Å². The number of carbonyl (C=O) groups is 2. The van der Waals surface area contributed by atoms with Crippen molar-refractivity contribution >= 4 is 21.8 Å². The van der Waals surface area contributed by atoms with Gasteiger partial charge in [-0.2, -0.15) is 0 Å². The molecule has 204 valence electrons. The molecule has 4 N–H and O–H groups in total. The molecule has 12 heteroatoms. The first-order valence-corrected chi connectivity index (χ1v) is 13.7. The second-order valence-corrected chi connectivity index (χ2v) is 11.3. The van der Waals surface area contributed by atoms with Crippen molar-refractivity contribution in [3.05, 3.63) is 29.8 Å². The van der Waals surface area contributed by atoms with E-state index in [9.17, 15) is 28.2 Å². The van der Waals surface area contributed by atoms with E-state index >= 15 is 0 Å². The van der Waals surface area contributed by atoms with Crippen LogP contribution >= 0.6 is 0 Å². The highest BCUT2D eigenvalue weighted by molar-refractivity contribution is 7.89. The zero-order valence-corrected chi connectivity index (χ0v) is 22.2. The molecule has 1 aliphatic rings. The SMILES string of the molecule is CC(=O)C(CC(=O)O)NS(=O)(=O)c1ccc(CN2CCN(C[C@H](C)O)CCN(C[C@H](C)O)CC2)cc1. The van der Waals surface area contributed by atoms with Crippen LogP contribution < -0.4 is 4.72 Å². The molecule has 1 aromatic carbocycles. The van der Waals surface area contributed by atoms with Gasteiger partial charge in [-0.25, -0.2) is 13.1 Å². The van der Waals surface area contributed by atoms with Crippen LogP contribution in [0.4, 0.5) is 0 Å². The fraction of sp³-hybridized carbons (Fsp3) is 0.667. The van der Waals surface area contributed by atoms with Gasteiger partial charge in [-0.3, -0.25) is 24.3 Å². The Kier molecular flexibility index (Phi) is 11.9. The summed E-state index contributed by atoms with van der Waals surface area (Å²) < 4.78 is 27.5. The number of nitrogens with zero attached hydrogens (tertiary/aromatic N) is 3. The Morgan fingerprint density at radius 1 is 0.889 bits per heavy atom. The monoisotopic (exact) mass is 528 g/mol. The molecule has 0 aliphatic carbocycles. The lowest BCUT2D eigenvalue weighted by Crippen LogP contribution is -2.41. The van der Waals surface area contributed by atoms with Crippen LogP contribution in [0.5, 0.6) is 0 Å². The standard InChI is InChI=1S/C24H40N4O7S/c1-18(29)15-26-8-9-27(16-19(2)30)11-13-28(12-10-26)17-21-4-6-22(7-5-21)36(34,35)25-23(20(3)31)14-24(32)33/h4-7,18-19,23,25,29-30H,8-17H2,1-3H3,(H,32,33)/t18-,19-,23?/m0/s1. The molecular formula is C24H40N4O7S. The highest BCUT2D eigenvalue weighted by atomic mass is 32.2. The zero-order valence-electron chi connectivity index (χ0n) is 21.3. The smallest absolute Gasteiger partial charge is 0.305 e. The summed E-state index contributed by atoms with van der Waals surface area (Å²) in [6, 6.07) is 4.99. The fourth-order valence-corrected chi connectivity index (χ4v) is 5.44. The van der Waals surface area contributed by atoms with E-state index in [0.717, 1.165) is 51.8 Å². The van der Waals surface area contributed by atoms with Crippen molar-refractivity contribution in [2.45, 2.75) is 56.9 Å². The number of benzene rings is 1. The van der Waals surface area contributed by atoms with Crippen molar-refractivity contribution in [3.63, 3.8) is 0 Å². The number of aliphatic hydroxyl groups excluding tert-OH is 2. The molecule has 11 nitrogen and oxygen atoms in total. The Hall–Kier alpha value is -1.93. The van der Waals surface area contributed by atoms with Gasteiger partial charge in [0.15, 0.2) is 0 Å². The molecule has 3 atom stereocenters. The first-order valence-electron chi connectivity index (χ1n) is 12.2. The number of nitrogens with one attached hydrogen (secondary N) is 1. The lowest BCUT2D eigenvalue weighted by Gasteiger charge is -2.27. The number of carbonyl (C=O) groups excluding carboxylic acids is 1. The van der Waals surface area contributed by atoms with Crippen molar-refractivity contribution in [2.75, 3.05) is 52.4 Å². The summed E-state index contributed by atoms with van der Waals surface area (Å²) in [5.74, 6) is -1.84. The lowest BCUT2D eigenvalue weighted by atomic mass is 10.1. The Bertz CT molecular complexity index is 932. The molecule has 1 aliphatic heterocycles. The van der Waals surface area contributed by atoms with Crippen LogP contribution in [0.2, 0.25) is 0 Å². The predicted molar refractivity (Wildman–Crippen MR) is 135 cm³/mol. The number of carboxylic acid groups (broad SMARTS) is 1. The van der Waals surface area contributed by atoms with Crippen molar-refractivity contribution < 1.29 is 33.3 Å². The highest BCUT2D eigenvalue weighted by Gasteiger charge is 2.25. The summed E-state index contributed by atoms with van der Waals surface area (Å²) in [6.45, 7) is 11.1. The molecule has 1 aromatic rings. The number of rotatable bonds is 12. The minimum Gasteiger partial charge on any atom is -0.481 e. The van der Waals surface area contributed by atoms with Crippen molar-refractivity contribution in [1.82, 2.24) is 19.4 Å². The maximum absolute atomic E-state index is 12.7. The lowest BCUT2D eigenvalue weighted by molar-refractivity contribution is -0.139. The molecule has 0 spiro atoms. The second kappa shape index (κ2) is 14.1. The molecule has 1 unspecified atom stereocenters. The normalized spacial score (nSPS) is 19.6. The summed E-state index contributed by atoms with van der Waals surface area (Å²) in [7, 11) is -4.06. The molecule has 0 aromatic heterocycles. The van der Waals surface area contributed by atoms with Crippen LogP contribution in [0.15, 0.2) is 29.2 Å². The average Bonchev–Trinajstić information content (AvgIpc) is 2.84. The van der Waals surface area contributed by atoms with E-state index in [1.165, 1.54) is 12.1 Å². The molecule has 36 heavy (non-hydrogen) atoms. The first-order chi connectivity index (χ1) is 16.9. The molecule has 0 amide bonds. The van der Waals surface area contributed by atoms with Crippen molar-refractivity contribution in [1.29, 1.82) is 0 Å². The molecular weight excluding hydrogens is 488 g/mol. The van der Waals surface area contributed by atoms with Gasteiger partial charge in [0.25, 0.3) is 0 Å². The van der Waals surface area contributed by atoms with Crippen LogP contribution in [0.25, 0.3) is 0 Å². The van der Waals surface area contributed by atoms with Gasteiger partial charge >= 0.3 is 5.97 Å². The maximum Gasteiger partial charge on any atom is 0.305 e. The van der Waals surface area contributed by atoms with Gasteiger partial charge in [-0.15, -0.1) is 0 Å². The highest BCUT2D eigenvalue weighted by Crippen LogP contribution is 2.14. The molecule has 0 bridgehead atoms. The van der Waals surface area contributed by atoms with Gasteiger partial charge in [0.2, 0.25) is 10.0 Å². The number of hydrogen-bond acceptors (Lipinski definition) is 9. The average molecular weight is 529 g/mol. The van der Waals surface area contributed by atoms with E-state index in [1.54, 1.807) is 26.0 Å². The number of hydrogen-bond donors (Lipinski definition) is 4. The molecule has 0 radical (unpaired) electrons. The van der Waals surface area contributed by atoms with Crippen molar-refractivity contribution in [3.8, 4) is 0 Å². The third-order valence-corrected chi connectivity index (χ3v) is 7.54. The third kappa shape index (κ3) is 10.6. The number of Topliss-reactive ketones (excluding diaryl/α,β-unsaturated/α-hetero) is 1. The summed E-state index contributed by atoms with van der Waals surface area (Å²) in [4.78, 5) is 29.3. The van der Waals surface area contributed by atoms with E-state index in [0.29, 0.717) is 19.6 Å². The van der Waals surface area contributed by atoms with Crippen LogP contribution in [0, 0.1) is 0 Å². The van der Waals surface area contributed by atoms with Gasteiger partial charge in [0, 0.05) is 58.9 Å². The Balaban J connectivity index is 2.10. The van der Waals surface area contributed by atoms with E-state index in [-0.39, 0.29) is 4.90 Å². The number of aliphatic hydroxyl groups is 2. The molecule has 1 saturated heterocycles. The van der Waals surface area contributed by atoms with E-state index in [1.807, 2.05) is 0 Å². The number of sulfonamides is 1. The largest absolute Gasteiger partial charge is 0.481 e. The summed E-state index contributed by atoms with van der Waals surface area (Å²) in [5, 5.41) is 28.7. The minimum atomic E-state index is -4.06. The predicted octanol–water partition coefficient (Wildman–Crippen LogP) is -0.422. The van der Waals surface area contributed by atoms with Gasteiger partial charge in [0.05, 0.1) is 29.6 Å². The van der Waals surface area contributed by atoms with Crippen LogP contribution in [-0.2, 0) is 26.2 Å². The van der Waals surface area contributed by atoms with E-state index in [4.69, 9.17) is 5.11 Å². The first kappa shape index (κ1) is 30.3. The van der Waals surface area contributed by atoms with Crippen LogP contribution in [-0.4, -0.2) is 121 Å². The van der Waals surface area contributed by atoms with Crippen LogP contribution in [0.1, 0.15) is 32.8 Å². The number of ketones is 1. The van der Waals surface area contributed by atoms with E-state index in [2.05, 4.69) is 19.4 Å². The number of aliphatic carboxylic acids is 1. The second-order valence-electron chi connectivity index (χ2n) is 9.60. The molecule has 0 saturated carbocycles. The van der Waals surface area contributed by atoms with Gasteiger partial charge in [0.1, 0.15) is 5.78 Å². The summed E-state index contributed by atoms with van der Waals surface area (Å²) in [5.41, 5.74) is 0.908. The minimum absolute atomic E-state index is 0.0430. The van der Waals surface area contributed by atoms with E-state index < -0.39 is 46.4 Å². The number of carboxylic acids is 1. The number of β-amino-alcohol motifs (C(OH)–C–C–N with tert-alkyl or cyclic N) is 2. The zero-order chi connectivity index (χ0) is 26.9. The van der Waals surface area contributed by atoms with Crippen molar-refractivity contribution in [2.24, 2.45) is 0 Å². The third-order valence-electron chi connectivity index (χ3n) is 6.05. The summed E-state index contributed by atoms with van der Waals surface area (Å²) >= 11 is 0. The quantitative estimate of drug-likeness (QED) is 0.282. The molecule has 1 fully saturated rings. The Labute approximate surface area is 213 Å². The topological polar surface area (TPSA) is 151 Å². The molecule has 2 rings (SSSR count). The molecule has 1 heterocycles. The van der Waals surface area contributed by atoms with Gasteiger partial charge in [-0.05, 0) is 38.5 Å². The fourth-order valence-electron chi connectivity index (χ4n) is 4.19. The Morgan fingerprint density at radius 3 is 1.72 bits per heavy atom. The summed E-state index contributed by atoms with van der Waals surface area (Å²) in [6.07, 6.45) is -1.50. The maximum atomic E-state index is 12.7. The van der Waals surface area contributed by atoms with Crippen LogP contribution in [0.3, 0.4) is 0 Å². The Morgan fingerprint density at radius 2 is 1.33 bits per heavy atom. The van der Waals surface area contributed by atoms with Gasteiger partial charge < -0.3 is 15.3 Å².